The molecule has 132 valence electrons. The Balaban J connectivity index is 1.83. The zero-order valence-electron chi connectivity index (χ0n) is 14.1. The number of ether oxygens (including phenoxy) is 1. The second-order valence-corrected chi connectivity index (χ2v) is 7.31. The van der Waals surface area contributed by atoms with Crippen molar-refractivity contribution in [2.45, 2.75) is 50.1 Å². The van der Waals surface area contributed by atoms with Crippen molar-refractivity contribution in [1.29, 1.82) is 0 Å². The molecule has 3 rings (SSSR count). The number of alkyl halides is 1. The molecule has 0 spiro atoms. The van der Waals surface area contributed by atoms with Gasteiger partial charge in [0.1, 0.15) is 0 Å². The van der Waals surface area contributed by atoms with Crippen LogP contribution in [0.15, 0.2) is 24.3 Å². The molecule has 2 aliphatic heterocycles. The number of hydrogen-bond donors (Lipinski definition) is 0. The maximum absolute atomic E-state index is 12.5. The van der Waals surface area contributed by atoms with Crippen LogP contribution in [0, 0.1) is 5.92 Å². The Morgan fingerprint density at radius 3 is 2.71 bits per heavy atom. The number of esters is 1. The van der Waals surface area contributed by atoms with Crippen LogP contribution in [0.4, 0.5) is 4.39 Å². The van der Waals surface area contributed by atoms with Gasteiger partial charge < -0.3 is 4.74 Å². The number of hydrogen-bond acceptors (Lipinski definition) is 3. The van der Waals surface area contributed by atoms with Crippen LogP contribution < -0.4 is 0 Å². The summed E-state index contributed by atoms with van der Waals surface area (Å²) in [4.78, 5) is 15.0. The summed E-state index contributed by atoms with van der Waals surface area (Å²) in [6.45, 7) is 0.608. The molecule has 3 nitrogen and oxygen atoms in total. The minimum Gasteiger partial charge on any atom is -0.469 e. The van der Waals surface area contributed by atoms with E-state index < -0.39 is 0 Å². The lowest BCUT2D eigenvalue weighted by atomic mass is 9.76. The second kappa shape index (κ2) is 7.83. The van der Waals surface area contributed by atoms with Crippen LogP contribution in [0.1, 0.15) is 43.6 Å². The predicted molar refractivity (Wildman–Crippen MR) is 93.0 cm³/mol. The number of rotatable bonds is 6. The van der Waals surface area contributed by atoms with E-state index in [2.05, 4.69) is 4.90 Å². The molecule has 0 radical (unpaired) electrons. The quantitative estimate of drug-likeness (QED) is 0.567. The first-order valence-electron chi connectivity index (χ1n) is 8.80. The standard InChI is InChI=1S/C19H25ClFNO2/c1-24-19(23)18-16(13-4-6-14(20)7-5-13)12-15-8-9-17(18)22(15)11-3-2-10-21/h4-7,15-18H,2-3,8-12H2,1H3/t15-,16+,17+,18-/m0/s1. The number of halogens is 2. The van der Waals surface area contributed by atoms with Crippen molar-refractivity contribution in [3.8, 4) is 0 Å². The Morgan fingerprint density at radius 1 is 1.29 bits per heavy atom. The molecule has 0 unspecified atom stereocenters. The fraction of sp³-hybridized carbons (Fsp3) is 0.632. The van der Waals surface area contributed by atoms with Crippen LogP contribution in [0.2, 0.25) is 5.02 Å². The molecule has 0 aromatic heterocycles. The van der Waals surface area contributed by atoms with Crippen LogP contribution in [-0.2, 0) is 9.53 Å². The Morgan fingerprint density at radius 2 is 2.04 bits per heavy atom. The van der Waals surface area contributed by atoms with Crippen LogP contribution in [0.5, 0.6) is 0 Å². The largest absolute Gasteiger partial charge is 0.469 e. The van der Waals surface area contributed by atoms with Crippen molar-refractivity contribution in [1.82, 2.24) is 4.90 Å². The molecule has 0 amide bonds. The van der Waals surface area contributed by atoms with Crippen molar-refractivity contribution < 1.29 is 13.9 Å². The van der Waals surface area contributed by atoms with E-state index in [1.807, 2.05) is 24.3 Å². The van der Waals surface area contributed by atoms with E-state index in [9.17, 15) is 9.18 Å². The molecule has 0 N–H and O–H groups in total. The molecule has 2 fully saturated rings. The number of nitrogens with zero attached hydrogens (tertiary/aromatic N) is 1. The van der Waals surface area contributed by atoms with E-state index >= 15 is 0 Å². The van der Waals surface area contributed by atoms with E-state index in [1.54, 1.807) is 0 Å². The van der Waals surface area contributed by atoms with Crippen LogP contribution in [0.25, 0.3) is 0 Å². The van der Waals surface area contributed by atoms with E-state index in [4.69, 9.17) is 16.3 Å². The molecule has 4 atom stereocenters. The third-order valence-electron chi connectivity index (χ3n) is 5.64. The molecule has 2 bridgehead atoms. The van der Waals surface area contributed by atoms with E-state index in [1.165, 1.54) is 7.11 Å². The summed E-state index contributed by atoms with van der Waals surface area (Å²) in [7, 11) is 1.47. The molecule has 2 heterocycles. The first-order chi connectivity index (χ1) is 11.7. The maximum atomic E-state index is 12.5. The number of carbonyl (C=O) groups is 1. The number of benzene rings is 1. The number of unbranched alkanes of at least 4 members (excludes halogenated alkanes) is 1. The van der Waals surface area contributed by atoms with Crippen LogP contribution in [0.3, 0.4) is 0 Å². The monoisotopic (exact) mass is 353 g/mol. The van der Waals surface area contributed by atoms with Gasteiger partial charge in [0.15, 0.2) is 0 Å². The molecule has 0 saturated carbocycles. The Bertz CT molecular complexity index is 565. The maximum Gasteiger partial charge on any atom is 0.310 e. The molecule has 2 saturated heterocycles. The molecule has 2 aliphatic rings. The highest BCUT2D eigenvalue weighted by molar-refractivity contribution is 6.30. The SMILES string of the molecule is COC(=O)[C@H]1[C@@H](c2ccc(Cl)cc2)C[C@@H]2CC[C@H]1N2CCCCF. The smallest absolute Gasteiger partial charge is 0.310 e. The minimum atomic E-state index is -0.267. The van der Waals surface area contributed by atoms with E-state index in [0.29, 0.717) is 17.5 Å². The molecule has 5 heteroatoms. The van der Waals surface area contributed by atoms with Gasteiger partial charge in [0.05, 0.1) is 19.7 Å². The lowest BCUT2D eigenvalue weighted by molar-refractivity contribution is -0.150. The lowest BCUT2D eigenvalue weighted by Gasteiger charge is -2.43. The van der Waals surface area contributed by atoms with E-state index in [-0.39, 0.29) is 30.5 Å². The first-order valence-corrected chi connectivity index (χ1v) is 9.18. The Kier molecular flexibility index (Phi) is 5.77. The number of fused-ring (bicyclic) bond motifs is 2. The molecule has 1 aromatic rings. The summed E-state index contributed by atoms with van der Waals surface area (Å²) in [6, 6.07) is 8.52. The lowest BCUT2D eigenvalue weighted by Crippen LogP contribution is -2.51. The summed E-state index contributed by atoms with van der Waals surface area (Å²) in [5.74, 6) is -0.110. The predicted octanol–water partition coefficient (Wildman–Crippen LogP) is 4.20. The highest BCUT2D eigenvalue weighted by atomic mass is 35.5. The van der Waals surface area contributed by atoms with E-state index in [0.717, 1.165) is 37.8 Å². The van der Waals surface area contributed by atoms with Crippen LogP contribution in [-0.4, -0.2) is 43.3 Å². The van der Waals surface area contributed by atoms with Gasteiger partial charge >= 0.3 is 5.97 Å². The zero-order chi connectivity index (χ0) is 17.1. The van der Waals surface area contributed by atoms with Gasteiger partial charge in [-0.25, -0.2) is 0 Å². The summed E-state index contributed by atoms with van der Waals surface area (Å²) in [5.41, 5.74) is 1.16. The van der Waals surface area contributed by atoms with Gasteiger partial charge in [-0.1, -0.05) is 23.7 Å². The average molecular weight is 354 g/mol. The van der Waals surface area contributed by atoms with Crippen LogP contribution >= 0.6 is 11.6 Å². The molecular formula is C19H25ClFNO2. The second-order valence-electron chi connectivity index (χ2n) is 6.88. The van der Waals surface area contributed by atoms with Gasteiger partial charge in [-0.3, -0.25) is 14.1 Å². The third-order valence-corrected chi connectivity index (χ3v) is 5.89. The minimum absolute atomic E-state index is 0.129. The van der Waals surface area contributed by atoms with Crippen molar-refractivity contribution in [3.05, 3.63) is 34.9 Å². The van der Waals surface area contributed by atoms with Gasteiger partial charge in [0.2, 0.25) is 0 Å². The summed E-state index contributed by atoms with van der Waals surface area (Å²) >= 11 is 6.01. The van der Waals surface area contributed by atoms with Crippen molar-refractivity contribution in [2.75, 3.05) is 20.3 Å². The van der Waals surface area contributed by atoms with Gasteiger partial charge in [0.25, 0.3) is 0 Å². The van der Waals surface area contributed by atoms with Crippen molar-refractivity contribution >= 4 is 17.6 Å². The normalized spacial score (nSPS) is 29.6. The molecule has 24 heavy (non-hydrogen) atoms. The fourth-order valence-electron chi connectivity index (χ4n) is 4.56. The first kappa shape index (κ1) is 17.7. The summed E-state index contributed by atoms with van der Waals surface area (Å²) < 4.78 is 17.6. The Hall–Kier alpha value is -1.13. The number of methoxy groups -OCH3 is 1. The number of piperidine rings is 1. The Labute approximate surface area is 148 Å². The van der Waals surface area contributed by atoms with Gasteiger partial charge in [0, 0.05) is 23.0 Å². The average Bonchev–Trinajstić information content (AvgIpc) is 2.87. The van der Waals surface area contributed by atoms with Gasteiger partial charge in [-0.05, 0) is 56.3 Å². The molecule has 1 aromatic carbocycles. The molecule has 0 aliphatic carbocycles. The van der Waals surface area contributed by atoms with Crippen molar-refractivity contribution in [2.24, 2.45) is 5.92 Å². The summed E-state index contributed by atoms with van der Waals surface area (Å²) in [6.07, 6.45) is 4.53. The molecular weight excluding hydrogens is 329 g/mol. The highest BCUT2D eigenvalue weighted by Gasteiger charge is 2.50. The fourth-order valence-corrected chi connectivity index (χ4v) is 4.69. The van der Waals surface area contributed by atoms with Gasteiger partial charge in [-0.15, -0.1) is 0 Å². The topological polar surface area (TPSA) is 29.5 Å². The zero-order valence-corrected chi connectivity index (χ0v) is 14.8. The van der Waals surface area contributed by atoms with Gasteiger partial charge in [-0.2, -0.15) is 0 Å². The number of carbonyl (C=O) groups excluding carboxylic acids is 1. The highest BCUT2D eigenvalue weighted by Crippen LogP contribution is 2.47. The third kappa shape index (κ3) is 3.45. The van der Waals surface area contributed by atoms with Crippen molar-refractivity contribution in [3.63, 3.8) is 0 Å². The summed E-state index contributed by atoms with van der Waals surface area (Å²) in [5, 5.41) is 0.708.